The second kappa shape index (κ2) is 54.5. The van der Waals surface area contributed by atoms with Crippen LogP contribution in [0.2, 0.25) is 0 Å². The van der Waals surface area contributed by atoms with Crippen molar-refractivity contribution in [3.63, 3.8) is 0 Å². The minimum Gasteiger partial charge on any atom is -0.462 e. The predicted molar refractivity (Wildman–Crippen MR) is 284 cm³/mol. The van der Waals surface area contributed by atoms with Gasteiger partial charge in [-0.15, -0.1) is 0 Å². The number of hydrogen-bond acceptors (Lipinski definition) is 6. The Labute approximate surface area is 408 Å². The van der Waals surface area contributed by atoms with Crippen molar-refractivity contribution in [2.24, 2.45) is 0 Å². The van der Waals surface area contributed by atoms with Gasteiger partial charge in [0.1, 0.15) is 13.2 Å². The van der Waals surface area contributed by atoms with E-state index >= 15 is 0 Å². The van der Waals surface area contributed by atoms with Crippen LogP contribution in [0.4, 0.5) is 0 Å². The topological polar surface area (TPSA) is 78.9 Å². The lowest BCUT2D eigenvalue weighted by Crippen LogP contribution is -2.30. The Kier molecular flexibility index (Phi) is 51.9. The molecule has 0 aliphatic carbocycles. The maximum atomic E-state index is 12.8. The van der Waals surface area contributed by atoms with E-state index in [0.717, 1.165) is 135 Å². The highest BCUT2D eigenvalue weighted by atomic mass is 16.6. The molecule has 0 aromatic rings. The van der Waals surface area contributed by atoms with Crippen molar-refractivity contribution in [1.29, 1.82) is 0 Å². The molecule has 0 fully saturated rings. The Morgan fingerprint density at radius 2 is 0.591 bits per heavy atom. The Bertz CT molecular complexity index is 1240. The molecule has 6 nitrogen and oxygen atoms in total. The van der Waals surface area contributed by atoms with Gasteiger partial charge in [-0.3, -0.25) is 14.4 Å². The molecule has 0 saturated carbocycles. The maximum absolute atomic E-state index is 12.8. The number of carbonyl (C=O) groups is 3. The molecule has 0 heterocycles. The molecule has 380 valence electrons. The molecule has 6 heteroatoms. The second-order valence-corrected chi connectivity index (χ2v) is 18.4. The van der Waals surface area contributed by atoms with Crippen LogP contribution >= 0.6 is 0 Å². The fraction of sp³-hybridized carbons (Fsp3) is 0.750. The van der Waals surface area contributed by atoms with E-state index in [1.807, 2.05) is 0 Å². The van der Waals surface area contributed by atoms with Gasteiger partial charge in [0.2, 0.25) is 0 Å². The van der Waals surface area contributed by atoms with Crippen LogP contribution in [0.15, 0.2) is 72.9 Å². The largest absolute Gasteiger partial charge is 0.462 e. The molecular formula is C60H104O6. The van der Waals surface area contributed by atoms with Gasteiger partial charge in [-0.25, -0.2) is 0 Å². The summed E-state index contributed by atoms with van der Waals surface area (Å²) in [6.07, 6.45) is 68.9. The predicted octanol–water partition coefficient (Wildman–Crippen LogP) is 18.6. The van der Waals surface area contributed by atoms with Crippen LogP contribution in [-0.4, -0.2) is 37.2 Å². The number of unbranched alkanes of at least 4 members (excludes halogenated alkanes) is 27. The zero-order chi connectivity index (χ0) is 47.9. The second-order valence-electron chi connectivity index (χ2n) is 18.4. The molecule has 0 rings (SSSR count). The molecule has 66 heavy (non-hydrogen) atoms. The molecule has 0 unspecified atom stereocenters. The van der Waals surface area contributed by atoms with Gasteiger partial charge in [-0.1, -0.05) is 241 Å². The first kappa shape index (κ1) is 62.8. The summed E-state index contributed by atoms with van der Waals surface area (Å²) in [6, 6.07) is 0. The molecule has 0 radical (unpaired) electrons. The molecule has 0 aliphatic rings. The molecule has 0 spiro atoms. The van der Waals surface area contributed by atoms with E-state index in [0.29, 0.717) is 19.3 Å². The number of ether oxygens (including phenoxy) is 3. The van der Waals surface area contributed by atoms with Crippen molar-refractivity contribution in [3.8, 4) is 0 Å². The molecule has 0 saturated heterocycles. The van der Waals surface area contributed by atoms with Crippen LogP contribution in [0.5, 0.6) is 0 Å². The summed E-state index contributed by atoms with van der Waals surface area (Å²) >= 11 is 0. The smallest absolute Gasteiger partial charge is 0.306 e. The van der Waals surface area contributed by atoms with Crippen LogP contribution in [0.1, 0.15) is 271 Å². The summed E-state index contributed by atoms with van der Waals surface area (Å²) in [7, 11) is 0. The number of carbonyl (C=O) groups excluding carboxylic acids is 3. The molecule has 0 N–H and O–H groups in total. The summed E-state index contributed by atoms with van der Waals surface area (Å²) in [5.74, 6) is -0.913. The average molecular weight is 921 g/mol. The monoisotopic (exact) mass is 921 g/mol. The summed E-state index contributed by atoms with van der Waals surface area (Å²) in [5, 5.41) is 0. The Morgan fingerprint density at radius 3 is 0.924 bits per heavy atom. The Hall–Kier alpha value is -3.15. The van der Waals surface area contributed by atoms with Gasteiger partial charge >= 0.3 is 17.9 Å². The minimum absolute atomic E-state index is 0.0862. The third-order valence-corrected chi connectivity index (χ3v) is 12.0. The normalized spacial score (nSPS) is 12.6. The highest BCUT2D eigenvalue weighted by Gasteiger charge is 2.19. The summed E-state index contributed by atoms with van der Waals surface area (Å²) in [4.78, 5) is 38.1. The molecular weight excluding hydrogens is 817 g/mol. The first-order chi connectivity index (χ1) is 32.5. The quantitative estimate of drug-likeness (QED) is 0.0262. The van der Waals surface area contributed by atoms with Crippen molar-refractivity contribution in [1.82, 2.24) is 0 Å². The van der Waals surface area contributed by atoms with Crippen LogP contribution in [0, 0.1) is 0 Å². The molecule has 0 aliphatic heterocycles. The zero-order valence-corrected chi connectivity index (χ0v) is 43.4. The van der Waals surface area contributed by atoms with Crippen LogP contribution in [0.25, 0.3) is 0 Å². The van der Waals surface area contributed by atoms with E-state index in [2.05, 4.69) is 93.7 Å². The van der Waals surface area contributed by atoms with E-state index in [9.17, 15) is 14.4 Å². The fourth-order valence-corrected chi connectivity index (χ4v) is 7.82. The van der Waals surface area contributed by atoms with Gasteiger partial charge in [-0.2, -0.15) is 0 Å². The van der Waals surface area contributed by atoms with Crippen LogP contribution < -0.4 is 0 Å². The molecule has 0 amide bonds. The van der Waals surface area contributed by atoms with Gasteiger partial charge in [0.05, 0.1) is 0 Å². The van der Waals surface area contributed by atoms with E-state index in [1.165, 1.54) is 96.3 Å². The molecule has 0 bridgehead atoms. The lowest BCUT2D eigenvalue weighted by molar-refractivity contribution is -0.167. The SMILES string of the molecule is CC/C=C/C/C=C/C/C=C/CCCCCCCC(=O)OC[C@H](COC(=O)CCCCCCCCCCCCCCCCCCCC)OC(=O)CCCCCCC/C=C/C/C=C/C/C=C/CC. The highest BCUT2D eigenvalue weighted by Crippen LogP contribution is 2.16. The Morgan fingerprint density at radius 1 is 0.318 bits per heavy atom. The molecule has 1 atom stereocenters. The standard InChI is InChI=1S/C60H104O6/c1-4-7-10-13-16-19-22-25-28-29-30-33-35-38-41-44-47-50-53-59(62)65-56-57(66-60(63)54-51-48-45-42-39-36-32-27-24-21-18-15-12-9-6-3)55-64-58(61)52-49-46-43-40-37-34-31-26-23-20-17-14-11-8-5-2/h8-9,11-12,17-18,20-21,26-27,31-32,57H,4-7,10,13-16,19,22-25,28-30,33-56H2,1-3H3/b11-8+,12-9+,20-17+,21-18+,31-26+,32-27+/t57-/m1/s1. The zero-order valence-electron chi connectivity index (χ0n) is 43.4. The van der Waals surface area contributed by atoms with E-state index in [1.54, 1.807) is 0 Å². The van der Waals surface area contributed by atoms with E-state index in [4.69, 9.17) is 14.2 Å². The first-order valence-electron chi connectivity index (χ1n) is 27.9. The van der Waals surface area contributed by atoms with Crippen molar-refractivity contribution in [2.75, 3.05) is 13.2 Å². The van der Waals surface area contributed by atoms with Gasteiger partial charge in [0.15, 0.2) is 6.10 Å². The van der Waals surface area contributed by atoms with Crippen molar-refractivity contribution in [2.45, 2.75) is 277 Å². The molecule has 0 aromatic heterocycles. The molecule has 0 aromatic carbocycles. The van der Waals surface area contributed by atoms with Crippen molar-refractivity contribution >= 4 is 17.9 Å². The lowest BCUT2D eigenvalue weighted by Gasteiger charge is -2.18. The van der Waals surface area contributed by atoms with Gasteiger partial charge < -0.3 is 14.2 Å². The van der Waals surface area contributed by atoms with Crippen molar-refractivity contribution < 1.29 is 28.6 Å². The van der Waals surface area contributed by atoms with Gasteiger partial charge in [0.25, 0.3) is 0 Å². The van der Waals surface area contributed by atoms with E-state index in [-0.39, 0.29) is 31.1 Å². The third kappa shape index (κ3) is 51.8. The fourth-order valence-electron chi connectivity index (χ4n) is 7.82. The van der Waals surface area contributed by atoms with Crippen LogP contribution in [0.3, 0.4) is 0 Å². The summed E-state index contributed by atoms with van der Waals surface area (Å²) < 4.78 is 16.8. The summed E-state index contributed by atoms with van der Waals surface area (Å²) in [6.45, 7) is 6.41. The lowest BCUT2D eigenvalue weighted by atomic mass is 10.0. The minimum atomic E-state index is -0.790. The number of rotatable bonds is 50. The van der Waals surface area contributed by atoms with E-state index < -0.39 is 6.10 Å². The third-order valence-electron chi connectivity index (χ3n) is 12.0. The summed E-state index contributed by atoms with van der Waals surface area (Å²) in [5.41, 5.74) is 0. The first-order valence-corrected chi connectivity index (χ1v) is 27.9. The average Bonchev–Trinajstić information content (AvgIpc) is 3.31. The van der Waals surface area contributed by atoms with Gasteiger partial charge in [0, 0.05) is 19.3 Å². The Balaban J connectivity index is 4.39. The van der Waals surface area contributed by atoms with Crippen molar-refractivity contribution in [3.05, 3.63) is 72.9 Å². The number of hydrogen-bond donors (Lipinski definition) is 0. The van der Waals surface area contributed by atoms with Crippen LogP contribution in [-0.2, 0) is 28.6 Å². The number of allylic oxidation sites excluding steroid dienone is 12. The maximum Gasteiger partial charge on any atom is 0.306 e. The number of esters is 3. The highest BCUT2D eigenvalue weighted by molar-refractivity contribution is 5.71. The van der Waals surface area contributed by atoms with Gasteiger partial charge in [-0.05, 0) is 83.5 Å².